The molecule has 0 atom stereocenters. The molecule has 0 radical (unpaired) electrons. The van der Waals surface area contributed by atoms with Gasteiger partial charge in [0.05, 0.1) is 5.75 Å². The van der Waals surface area contributed by atoms with E-state index in [-0.39, 0.29) is 5.75 Å². The van der Waals surface area contributed by atoms with Gasteiger partial charge < -0.3 is 10.2 Å². The molecule has 0 heterocycles. The van der Waals surface area contributed by atoms with Crippen LogP contribution >= 0.6 is 0 Å². The summed E-state index contributed by atoms with van der Waals surface area (Å²) in [6, 6.07) is 0. The van der Waals surface area contributed by atoms with Crippen LogP contribution in [-0.4, -0.2) is 30.5 Å². The highest BCUT2D eigenvalue weighted by Gasteiger charge is 1.90. The van der Waals surface area contributed by atoms with E-state index in [9.17, 15) is 8.42 Å². The molecule has 0 aromatic rings. The van der Waals surface area contributed by atoms with Gasteiger partial charge >= 0.3 is 6.16 Å². The molecule has 0 saturated heterocycles. The number of primary sulfonamides is 1. The zero-order chi connectivity index (χ0) is 8.78. The summed E-state index contributed by atoms with van der Waals surface area (Å²) in [7, 11) is -3.16. The normalized spacial score (nSPS) is 9.40. The Morgan fingerprint density at radius 1 is 1.50 bits per heavy atom. The summed E-state index contributed by atoms with van der Waals surface area (Å²) >= 11 is 0. The molecule has 0 rings (SSSR count). The second-order valence-corrected chi connectivity index (χ2v) is 3.14. The van der Waals surface area contributed by atoms with Gasteiger partial charge in [0.2, 0.25) is 10.0 Å². The van der Waals surface area contributed by atoms with E-state index in [2.05, 4.69) is 5.14 Å². The molecule has 0 unspecified atom stereocenters. The van der Waals surface area contributed by atoms with Gasteiger partial charge in [-0.05, 0) is 6.92 Å². The fourth-order valence-electron chi connectivity index (χ4n) is 0. The van der Waals surface area contributed by atoms with Crippen LogP contribution in [-0.2, 0) is 10.0 Å². The fraction of sp³-hybridized carbons (Fsp3) is 0.667. The average Bonchev–Trinajstić information content (AvgIpc) is 1.63. The van der Waals surface area contributed by atoms with Gasteiger partial charge in [0.1, 0.15) is 0 Å². The monoisotopic (exact) mass is 171 g/mol. The van der Waals surface area contributed by atoms with Crippen LogP contribution in [0.3, 0.4) is 0 Å². The predicted octanol–water partition coefficient (Wildman–Crippen LogP) is -0.483. The minimum atomic E-state index is -3.16. The van der Waals surface area contributed by atoms with Gasteiger partial charge in [-0.2, -0.15) is 0 Å². The van der Waals surface area contributed by atoms with Crippen molar-refractivity contribution in [3.05, 3.63) is 0 Å². The van der Waals surface area contributed by atoms with Gasteiger partial charge in [-0.3, -0.25) is 0 Å². The van der Waals surface area contributed by atoms with Gasteiger partial charge in [0.25, 0.3) is 0 Å². The van der Waals surface area contributed by atoms with E-state index in [0.29, 0.717) is 0 Å². The maximum atomic E-state index is 9.78. The molecular weight excluding hydrogens is 162 g/mol. The van der Waals surface area contributed by atoms with E-state index in [1.54, 1.807) is 0 Å². The summed E-state index contributed by atoms with van der Waals surface area (Å²) < 4.78 is 19.6. The molecule has 0 aliphatic carbocycles. The Morgan fingerprint density at radius 3 is 1.60 bits per heavy atom. The zero-order valence-electron chi connectivity index (χ0n) is 5.31. The minimum absolute atomic E-state index is 0.0208. The SMILES string of the molecule is CCS(N)(=O)=O.O=C(O)O. The van der Waals surface area contributed by atoms with Crippen molar-refractivity contribution in [2.75, 3.05) is 5.75 Å². The van der Waals surface area contributed by atoms with Crippen molar-refractivity contribution < 1.29 is 23.4 Å². The van der Waals surface area contributed by atoms with Crippen LogP contribution in [0, 0.1) is 0 Å². The molecule has 0 fully saturated rings. The summed E-state index contributed by atoms with van der Waals surface area (Å²) in [6.07, 6.45) is -1.83. The molecule has 0 amide bonds. The number of carboxylic acid groups (broad SMARTS) is 2. The Balaban J connectivity index is 0. The largest absolute Gasteiger partial charge is 0.503 e. The van der Waals surface area contributed by atoms with E-state index in [1.165, 1.54) is 6.92 Å². The molecule has 0 aliphatic heterocycles. The summed E-state index contributed by atoms with van der Waals surface area (Å²) in [4.78, 5) is 8.56. The van der Waals surface area contributed by atoms with Crippen molar-refractivity contribution in [1.82, 2.24) is 0 Å². The average molecular weight is 171 g/mol. The second kappa shape index (κ2) is 5.00. The molecule has 0 spiro atoms. The number of carbonyl (C=O) groups is 1. The van der Waals surface area contributed by atoms with Crippen LogP contribution in [0.15, 0.2) is 0 Å². The second-order valence-electron chi connectivity index (χ2n) is 1.23. The van der Waals surface area contributed by atoms with E-state index in [0.717, 1.165) is 0 Å². The van der Waals surface area contributed by atoms with Gasteiger partial charge in [-0.15, -0.1) is 0 Å². The van der Waals surface area contributed by atoms with Crippen LogP contribution in [0.2, 0.25) is 0 Å². The molecule has 0 aliphatic rings. The molecule has 0 aromatic heterocycles. The maximum absolute atomic E-state index is 9.78. The lowest BCUT2D eigenvalue weighted by Crippen LogP contribution is -2.13. The van der Waals surface area contributed by atoms with Crippen molar-refractivity contribution in [3.63, 3.8) is 0 Å². The van der Waals surface area contributed by atoms with Crippen LogP contribution in [0.5, 0.6) is 0 Å². The number of hydrogen-bond donors (Lipinski definition) is 3. The van der Waals surface area contributed by atoms with Crippen LogP contribution < -0.4 is 5.14 Å². The standard InChI is InChI=1S/C2H7NO2S.CH2O3/c1-2-6(3,4)5;2-1(3)4/h2H2,1H3,(H2,3,4,5);(H2,2,3,4). The molecule has 10 heavy (non-hydrogen) atoms. The summed E-state index contributed by atoms with van der Waals surface area (Å²) in [5.41, 5.74) is 0. The van der Waals surface area contributed by atoms with Crippen molar-refractivity contribution in [1.29, 1.82) is 0 Å². The first-order valence-corrected chi connectivity index (χ1v) is 3.93. The Labute approximate surface area is 58.3 Å². The molecule has 62 valence electrons. The molecule has 0 bridgehead atoms. The van der Waals surface area contributed by atoms with E-state index < -0.39 is 16.2 Å². The van der Waals surface area contributed by atoms with Crippen LogP contribution in [0.1, 0.15) is 6.92 Å². The van der Waals surface area contributed by atoms with Crippen molar-refractivity contribution >= 4 is 16.2 Å². The Hall–Kier alpha value is -0.820. The molecule has 7 heteroatoms. The Morgan fingerprint density at radius 2 is 1.60 bits per heavy atom. The highest BCUT2D eigenvalue weighted by Crippen LogP contribution is 1.68. The third-order valence-electron chi connectivity index (χ3n) is 0.402. The first-order chi connectivity index (χ1) is 4.29. The van der Waals surface area contributed by atoms with E-state index in [1.807, 2.05) is 0 Å². The van der Waals surface area contributed by atoms with Gasteiger partial charge in [-0.25, -0.2) is 18.4 Å². The van der Waals surface area contributed by atoms with Gasteiger partial charge in [0.15, 0.2) is 0 Å². The number of hydrogen-bond acceptors (Lipinski definition) is 3. The lowest BCUT2D eigenvalue weighted by atomic mass is 11.0. The first-order valence-electron chi connectivity index (χ1n) is 2.22. The van der Waals surface area contributed by atoms with E-state index >= 15 is 0 Å². The maximum Gasteiger partial charge on any atom is 0.503 e. The summed E-state index contributed by atoms with van der Waals surface area (Å²) in [5, 5.41) is 18.5. The quantitative estimate of drug-likeness (QED) is 0.492. The summed E-state index contributed by atoms with van der Waals surface area (Å²) in [6.45, 7) is 1.50. The number of sulfonamides is 1. The van der Waals surface area contributed by atoms with Crippen molar-refractivity contribution in [3.8, 4) is 0 Å². The smallest absolute Gasteiger partial charge is 0.450 e. The van der Waals surface area contributed by atoms with Crippen molar-refractivity contribution in [2.24, 2.45) is 5.14 Å². The number of nitrogens with two attached hydrogens (primary N) is 1. The lowest BCUT2D eigenvalue weighted by molar-refractivity contribution is 0.137. The zero-order valence-corrected chi connectivity index (χ0v) is 6.13. The topological polar surface area (TPSA) is 118 Å². The molecule has 6 nitrogen and oxygen atoms in total. The van der Waals surface area contributed by atoms with E-state index in [4.69, 9.17) is 15.0 Å². The van der Waals surface area contributed by atoms with Gasteiger partial charge in [0, 0.05) is 0 Å². The van der Waals surface area contributed by atoms with Crippen molar-refractivity contribution in [2.45, 2.75) is 6.92 Å². The minimum Gasteiger partial charge on any atom is -0.450 e. The lowest BCUT2D eigenvalue weighted by Gasteiger charge is -1.81. The fourth-order valence-corrected chi connectivity index (χ4v) is 0. The molecular formula is C3H9NO5S. The highest BCUT2D eigenvalue weighted by molar-refractivity contribution is 7.89. The Kier molecular flexibility index (Phi) is 5.96. The van der Waals surface area contributed by atoms with Crippen LogP contribution in [0.4, 0.5) is 4.79 Å². The highest BCUT2D eigenvalue weighted by atomic mass is 32.2. The first kappa shape index (κ1) is 11.9. The predicted molar refractivity (Wildman–Crippen MR) is 34.3 cm³/mol. The number of rotatable bonds is 1. The molecule has 4 N–H and O–H groups in total. The third-order valence-corrected chi connectivity index (χ3v) is 1.21. The Bertz CT molecular complexity index is 179. The molecule has 0 aromatic carbocycles. The molecule has 0 saturated carbocycles. The van der Waals surface area contributed by atoms with Crippen LogP contribution in [0.25, 0.3) is 0 Å². The third kappa shape index (κ3) is 57.7. The summed E-state index contributed by atoms with van der Waals surface area (Å²) in [5.74, 6) is 0.0208. The van der Waals surface area contributed by atoms with Gasteiger partial charge in [-0.1, -0.05) is 0 Å².